The zero-order chi connectivity index (χ0) is 14.9. The Balaban J connectivity index is 2.51. The number of ketones is 1. The summed E-state index contributed by atoms with van der Waals surface area (Å²) in [6.45, 7) is 0. The van der Waals surface area contributed by atoms with Crippen LogP contribution in [0.3, 0.4) is 0 Å². The smallest absolute Gasteiger partial charge is 0.333 e. The fraction of sp³-hybridized carbons (Fsp3) is 0.214. The average Bonchev–Trinajstić information content (AvgIpc) is 2.44. The summed E-state index contributed by atoms with van der Waals surface area (Å²) >= 11 is 0. The lowest BCUT2D eigenvalue weighted by Crippen LogP contribution is -2.40. The number of nitrogens with zero attached hydrogens (tertiary/aromatic N) is 2. The molecule has 1 N–H and O–H groups in total. The minimum atomic E-state index is -0.786. The van der Waals surface area contributed by atoms with Crippen molar-refractivity contribution in [3.63, 3.8) is 0 Å². The van der Waals surface area contributed by atoms with E-state index in [0.717, 1.165) is 14.7 Å². The molecule has 2 rings (SSSR count). The van der Waals surface area contributed by atoms with Gasteiger partial charge < -0.3 is 5.11 Å². The van der Waals surface area contributed by atoms with Gasteiger partial charge in [0.15, 0.2) is 5.78 Å². The molecule has 0 aliphatic rings. The molecule has 104 valence electrons. The Kier molecular flexibility index (Phi) is 3.56. The maximum Gasteiger partial charge on any atom is 0.333 e. The highest BCUT2D eigenvalue weighted by molar-refractivity contribution is 5.99. The number of aromatic hydroxyl groups is 1. The van der Waals surface area contributed by atoms with Gasteiger partial charge in [-0.3, -0.25) is 18.7 Å². The highest BCUT2D eigenvalue weighted by Gasteiger charge is 2.21. The Labute approximate surface area is 114 Å². The van der Waals surface area contributed by atoms with Crippen LogP contribution in [0.25, 0.3) is 0 Å². The number of carbonyl (C=O) groups is 1. The van der Waals surface area contributed by atoms with Crippen LogP contribution in [-0.2, 0) is 20.5 Å². The predicted molar refractivity (Wildman–Crippen MR) is 73.1 cm³/mol. The molecule has 0 aliphatic heterocycles. The first kappa shape index (κ1) is 13.8. The first-order valence-electron chi connectivity index (χ1n) is 5.99. The van der Waals surface area contributed by atoms with E-state index in [0.29, 0.717) is 0 Å². The van der Waals surface area contributed by atoms with Crippen molar-refractivity contribution < 1.29 is 9.90 Å². The van der Waals surface area contributed by atoms with Gasteiger partial charge in [0.05, 0.1) is 0 Å². The molecule has 1 aromatic heterocycles. The second-order valence-corrected chi connectivity index (χ2v) is 4.49. The van der Waals surface area contributed by atoms with Gasteiger partial charge in [-0.25, -0.2) is 4.79 Å². The van der Waals surface area contributed by atoms with Gasteiger partial charge in [-0.1, -0.05) is 30.3 Å². The van der Waals surface area contributed by atoms with E-state index in [9.17, 15) is 19.5 Å². The van der Waals surface area contributed by atoms with E-state index in [1.165, 1.54) is 14.1 Å². The van der Waals surface area contributed by atoms with E-state index in [4.69, 9.17) is 0 Å². The molecule has 0 spiro atoms. The number of hydrogen-bond donors (Lipinski definition) is 1. The van der Waals surface area contributed by atoms with Gasteiger partial charge in [-0.2, -0.15) is 0 Å². The van der Waals surface area contributed by atoms with E-state index < -0.39 is 22.9 Å². The summed E-state index contributed by atoms with van der Waals surface area (Å²) in [7, 11) is 2.57. The summed E-state index contributed by atoms with van der Waals surface area (Å²) in [6.07, 6.45) is -0.0121. The highest BCUT2D eigenvalue weighted by Crippen LogP contribution is 2.12. The van der Waals surface area contributed by atoms with E-state index in [1.807, 2.05) is 6.07 Å². The van der Waals surface area contributed by atoms with Crippen LogP contribution in [0.2, 0.25) is 0 Å². The molecule has 0 bridgehead atoms. The second-order valence-electron chi connectivity index (χ2n) is 4.49. The average molecular weight is 274 g/mol. The van der Waals surface area contributed by atoms with Gasteiger partial charge in [0.2, 0.25) is 5.88 Å². The third-order valence-corrected chi connectivity index (χ3v) is 3.12. The SMILES string of the molecule is Cn1c(O)c(C(=O)Cc2ccccc2)c(=O)n(C)c1=O. The van der Waals surface area contributed by atoms with Gasteiger partial charge in [0, 0.05) is 20.5 Å². The Hall–Kier alpha value is -2.63. The van der Waals surface area contributed by atoms with Gasteiger partial charge in [0.1, 0.15) is 5.56 Å². The lowest BCUT2D eigenvalue weighted by molar-refractivity contribution is 0.0986. The molecule has 1 heterocycles. The largest absolute Gasteiger partial charge is 0.494 e. The predicted octanol–water partition coefficient (Wildman–Crippen LogP) is 0.215. The maximum atomic E-state index is 12.2. The molecule has 0 saturated heterocycles. The summed E-state index contributed by atoms with van der Waals surface area (Å²) in [5.74, 6) is -1.12. The van der Waals surface area contributed by atoms with Gasteiger partial charge in [0.25, 0.3) is 5.56 Å². The minimum absolute atomic E-state index is 0.0121. The Morgan fingerprint density at radius 1 is 1.10 bits per heavy atom. The lowest BCUT2D eigenvalue weighted by atomic mass is 10.0. The molecule has 0 radical (unpaired) electrons. The number of hydrogen-bond acceptors (Lipinski definition) is 4. The van der Waals surface area contributed by atoms with Crippen molar-refractivity contribution >= 4 is 5.78 Å². The van der Waals surface area contributed by atoms with Crippen molar-refractivity contribution in [2.75, 3.05) is 0 Å². The van der Waals surface area contributed by atoms with Crippen LogP contribution in [0, 0.1) is 0 Å². The number of benzene rings is 1. The van der Waals surface area contributed by atoms with Crippen molar-refractivity contribution in [3.8, 4) is 5.88 Å². The molecule has 6 heteroatoms. The first-order chi connectivity index (χ1) is 9.43. The molecule has 6 nitrogen and oxygen atoms in total. The molecule has 0 unspecified atom stereocenters. The molecule has 0 fully saturated rings. The third kappa shape index (κ3) is 2.27. The van der Waals surface area contributed by atoms with Crippen molar-refractivity contribution in [1.82, 2.24) is 9.13 Å². The van der Waals surface area contributed by atoms with Crippen molar-refractivity contribution in [2.24, 2.45) is 14.1 Å². The number of aromatic nitrogens is 2. The zero-order valence-corrected chi connectivity index (χ0v) is 11.2. The summed E-state index contributed by atoms with van der Waals surface area (Å²) in [6, 6.07) is 8.88. The number of rotatable bonds is 3. The van der Waals surface area contributed by atoms with Crippen LogP contribution in [0.1, 0.15) is 15.9 Å². The minimum Gasteiger partial charge on any atom is -0.494 e. The van der Waals surface area contributed by atoms with Crippen LogP contribution < -0.4 is 11.2 Å². The van der Waals surface area contributed by atoms with Crippen LogP contribution in [-0.4, -0.2) is 20.0 Å². The molecule has 1 aromatic carbocycles. The van der Waals surface area contributed by atoms with Gasteiger partial charge in [-0.15, -0.1) is 0 Å². The number of Topliss-reactive ketones (excluding diaryl/α,β-unsaturated/α-hetero) is 1. The van der Waals surface area contributed by atoms with Crippen molar-refractivity contribution in [1.29, 1.82) is 0 Å². The van der Waals surface area contributed by atoms with E-state index in [1.54, 1.807) is 24.3 Å². The standard InChI is InChI=1S/C14H14N2O4/c1-15-12(18)11(13(19)16(2)14(15)20)10(17)8-9-6-4-3-5-7-9/h3-7,18H,8H2,1-2H3. The van der Waals surface area contributed by atoms with Crippen LogP contribution in [0.5, 0.6) is 5.88 Å². The maximum absolute atomic E-state index is 12.2. The van der Waals surface area contributed by atoms with E-state index in [-0.39, 0.29) is 12.0 Å². The molecular weight excluding hydrogens is 260 g/mol. The number of carbonyl (C=O) groups excluding carboxylic acids is 1. The molecule has 0 amide bonds. The fourth-order valence-electron chi connectivity index (χ4n) is 1.95. The quantitative estimate of drug-likeness (QED) is 0.811. The first-order valence-corrected chi connectivity index (χ1v) is 5.99. The molecule has 0 atom stereocenters. The summed E-state index contributed by atoms with van der Waals surface area (Å²) in [4.78, 5) is 35.7. The van der Waals surface area contributed by atoms with Crippen molar-refractivity contribution in [3.05, 3.63) is 62.3 Å². The Bertz CT molecular complexity index is 772. The van der Waals surface area contributed by atoms with E-state index >= 15 is 0 Å². The van der Waals surface area contributed by atoms with Gasteiger partial charge >= 0.3 is 5.69 Å². The van der Waals surface area contributed by atoms with E-state index in [2.05, 4.69) is 0 Å². The molecule has 2 aromatic rings. The summed E-state index contributed by atoms with van der Waals surface area (Å²) in [5, 5.41) is 9.86. The third-order valence-electron chi connectivity index (χ3n) is 3.12. The normalized spacial score (nSPS) is 10.5. The lowest BCUT2D eigenvalue weighted by Gasteiger charge is -2.09. The monoisotopic (exact) mass is 274 g/mol. The molecule has 20 heavy (non-hydrogen) atoms. The second kappa shape index (κ2) is 5.16. The Morgan fingerprint density at radius 3 is 2.30 bits per heavy atom. The fourth-order valence-corrected chi connectivity index (χ4v) is 1.95. The van der Waals surface area contributed by atoms with Crippen LogP contribution in [0.4, 0.5) is 0 Å². The van der Waals surface area contributed by atoms with Gasteiger partial charge in [-0.05, 0) is 5.56 Å². The highest BCUT2D eigenvalue weighted by atomic mass is 16.3. The van der Waals surface area contributed by atoms with Crippen LogP contribution in [0.15, 0.2) is 39.9 Å². The molecular formula is C14H14N2O4. The van der Waals surface area contributed by atoms with Crippen LogP contribution >= 0.6 is 0 Å². The zero-order valence-electron chi connectivity index (χ0n) is 11.2. The summed E-state index contributed by atoms with van der Waals surface area (Å²) < 4.78 is 1.68. The molecule has 0 saturated carbocycles. The molecule has 0 aliphatic carbocycles. The summed E-state index contributed by atoms with van der Waals surface area (Å²) in [5.41, 5.74) is -1.10. The Morgan fingerprint density at radius 2 is 1.70 bits per heavy atom. The van der Waals surface area contributed by atoms with Crippen molar-refractivity contribution in [2.45, 2.75) is 6.42 Å². The topological polar surface area (TPSA) is 81.3 Å².